The second-order valence-electron chi connectivity index (χ2n) is 8.89. The van der Waals surface area contributed by atoms with Crippen LogP contribution in [-0.4, -0.2) is 33.3 Å². The molecule has 1 aromatic rings. The number of esters is 1. The van der Waals surface area contributed by atoms with Crippen molar-refractivity contribution in [1.29, 1.82) is 0 Å². The van der Waals surface area contributed by atoms with Crippen molar-refractivity contribution in [3.05, 3.63) is 29.3 Å². The minimum absolute atomic E-state index is 0.0374. The summed E-state index contributed by atoms with van der Waals surface area (Å²) in [5.41, 5.74) is -0.288. The van der Waals surface area contributed by atoms with Crippen LogP contribution < -0.4 is 4.72 Å². The van der Waals surface area contributed by atoms with E-state index >= 15 is 0 Å². The lowest BCUT2D eigenvalue weighted by Gasteiger charge is -2.55. The molecule has 1 aromatic carbocycles. The van der Waals surface area contributed by atoms with E-state index in [1.807, 2.05) is 0 Å². The first-order valence-corrected chi connectivity index (χ1v) is 12.1. The predicted octanol–water partition coefficient (Wildman–Crippen LogP) is 3.34. The summed E-state index contributed by atoms with van der Waals surface area (Å²) in [5, 5.41) is 0.315. The third-order valence-electron chi connectivity index (χ3n) is 6.72. The SMILES string of the molecule is O=C(CCNS(=O)(=O)c1cccc(Cl)c1)OCC(=O)C12CC3CC(CC(C3)C1)C2. The topological polar surface area (TPSA) is 89.5 Å². The molecule has 158 valence electrons. The molecule has 0 saturated heterocycles. The molecule has 0 atom stereocenters. The van der Waals surface area contributed by atoms with Crippen LogP contribution in [0.2, 0.25) is 5.02 Å². The number of rotatable bonds is 8. The Bertz CT molecular complexity index is 878. The maximum Gasteiger partial charge on any atom is 0.307 e. The van der Waals surface area contributed by atoms with Crippen molar-refractivity contribution < 1.29 is 22.7 Å². The van der Waals surface area contributed by atoms with E-state index < -0.39 is 16.0 Å². The quantitative estimate of drug-likeness (QED) is 0.627. The van der Waals surface area contributed by atoms with Crippen LogP contribution in [0.3, 0.4) is 0 Å². The molecule has 4 bridgehead atoms. The second-order valence-corrected chi connectivity index (χ2v) is 11.1. The summed E-state index contributed by atoms with van der Waals surface area (Å²) in [7, 11) is -3.75. The van der Waals surface area contributed by atoms with E-state index in [0.29, 0.717) is 22.8 Å². The summed E-state index contributed by atoms with van der Waals surface area (Å²) in [4.78, 5) is 24.9. The van der Waals surface area contributed by atoms with Crippen LogP contribution in [0.25, 0.3) is 0 Å². The first-order valence-electron chi connectivity index (χ1n) is 10.2. The average Bonchev–Trinajstić information content (AvgIpc) is 2.65. The Hall–Kier alpha value is -1.44. The Morgan fingerprint density at radius 3 is 2.31 bits per heavy atom. The molecule has 0 unspecified atom stereocenters. The van der Waals surface area contributed by atoms with Crippen LogP contribution in [-0.2, 0) is 24.3 Å². The molecule has 29 heavy (non-hydrogen) atoms. The smallest absolute Gasteiger partial charge is 0.307 e. The normalized spacial score (nSPS) is 30.3. The van der Waals surface area contributed by atoms with E-state index in [-0.39, 0.29) is 35.7 Å². The maximum atomic E-state index is 12.8. The van der Waals surface area contributed by atoms with Crippen LogP contribution in [0.5, 0.6) is 0 Å². The molecule has 8 heteroatoms. The molecule has 4 fully saturated rings. The highest BCUT2D eigenvalue weighted by Crippen LogP contribution is 2.60. The number of hydrogen-bond donors (Lipinski definition) is 1. The van der Waals surface area contributed by atoms with Gasteiger partial charge >= 0.3 is 5.97 Å². The molecule has 4 aliphatic rings. The molecule has 5 rings (SSSR count). The van der Waals surface area contributed by atoms with Gasteiger partial charge in [-0.05, 0) is 74.5 Å². The van der Waals surface area contributed by atoms with E-state index in [4.69, 9.17) is 16.3 Å². The van der Waals surface area contributed by atoms with Crippen LogP contribution in [0.1, 0.15) is 44.9 Å². The van der Waals surface area contributed by atoms with Gasteiger partial charge < -0.3 is 4.74 Å². The van der Waals surface area contributed by atoms with Gasteiger partial charge in [-0.2, -0.15) is 0 Å². The minimum Gasteiger partial charge on any atom is -0.458 e. The van der Waals surface area contributed by atoms with Gasteiger partial charge in [0, 0.05) is 17.0 Å². The Morgan fingerprint density at radius 2 is 1.72 bits per heavy atom. The zero-order chi connectivity index (χ0) is 20.6. The lowest BCUT2D eigenvalue weighted by molar-refractivity contribution is -0.157. The van der Waals surface area contributed by atoms with E-state index in [2.05, 4.69) is 4.72 Å². The lowest BCUT2D eigenvalue weighted by Crippen LogP contribution is -2.51. The fourth-order valence-electron chi connectivity index (χ4n) is 5.83. The van der Waals surface area contributed by atoms with Gasteiger partial charge in [-0.25, -0.2) is 13.1 Å². The summed E-state index contributed by atoms with van der Waals surface area (Å²) in [6.45, 7) is -0.300. The number of nitrogens with one attached hydrogen (secondary N) is 1. The number of benzene rings is 1. The highest BCUT2D eigenvalue weighted by Gasteiger charge is 2.54. The fourth-order valence-corrected chi connectivity index (χ4v) is 7.16. The molecule has 4 aliphatic carbocycles. The number of hydrogen-bond acceptors (Lipinski definition) is 5. The number of sulfonamides is 1. The molecule has 0 amide bonds. The van der Waals surface area contributed by atoms with Gasteiger partial charge in [-0.3, -0.25) is 9.59 Å². The van der Waals surface area contributed by atoms with Gasteiger partial charge in [-0.15, -0.1) is 0 Å². The van der Waals surface area contributed by atoms with Crippen LogP contribution in [0.15, 0.2) is 29.2 Å². The third kappa shape index (κ3) is 4.52. The van der Waals surface area contributed by atoms with Crippen molar-refractivity contribution in [2.75, 3.05) is 13.2 Å². The maximum absolute atomic E-state index is 12.8. The number of carbonyl (C=O) groups excluding carboxylic acids is 2. The zero-order valence-corrected chi connectivity index (χ0v) is 17.8. The molecular weight excluding hydrogens is 414 g/mol. The standard InChI is InChI=1S/C21H26ClNO5S/c22-17-2-1-3-18(9-17)29(26,27)23-5-4-20(25)28-13-19(24)21-10-14-6-15(11-21)8-16(7-14)12-21/h1-3,9,14-16,23H,4-8,10-13H2. The number of ketones is 1. The Morgan fingerprint density at radius 1 is 1.10 bits per heavy atom. The average molecular weight is 440 g/mol. The molecule has 0 aliphatic heterocycles. The molecule has 0 spiro atoms. The predicted molar refractivity (Wildman–Crippen MR) is 108 cm³/mol. The van der Waals surface area contributed by atoms with Crippen LogP contribution in [0.4, 0.5) is 0 Å². The zero-order valence-electron chi connectivity index (χ0n) is 16.2. The van der Waals surface area contributed by atoms with Crippen molar-refractivity contribution >= 4 is 33.4 Å². The number of halogens is 1. The van der Waals surface area contributed by atoms with Gasteiger partial charge in [0.1, 0.15) is 0 Å². The van der Waals surface area contributed by atoms with Gasteiger partial charge in [-0.1, -0.05) is 17.7 Å². The van der Waals surface area contributed by atoms with Crippen molar-refractivity contribution in [3.63, 3.8) is 0 Å². The first-order chi connectivity index (χ1) is 13.8. The first kappa shape index (κ1) is 20.8. The van der Waals surface area contributed by atoms with Crippen molar-refractivity contribution in [1.82, 2.24) is 4.72 Å². The highest BCUT2D eigenvalue weighted by molar-refractivity contribution is 7.89. The summed E-state index contributed by atoms with van der Waals surface area (Å²) in [6.07, 6.45) is 6.43. The molecule has 1 N–H and O–H groups in total. The summed E-state index contributed by atoms with van der Waals surface area (Å²) in [6, 6.07) is 5.89. The Balaban J connectivity index is 1.24. The van der Waals surface area contributed by atoms with Crippen molar-refractivity contribution in [3.8, 4) is 0 Å². The van der Waals surface area contributed by atoms with E-state index in [9.17, 15) is 18.0 Å². The van der Waals surface area contributed by atoms with Gasteiger partial charge in [0.15, 0.2) is 12.4 Å². The van der Waals surface area contributed by atoms with Gasteiger partial charge in [0.2, 0.25) is 10.0 Å². The number of carbonyl (C=O) groups is 2. The van der Waals surface area contributed by atoms with E-state index in [1.165, 1.54) is 31.4 Å². The Kier molecular flexibility index (Phi) is 5.75. The largest absolute Gasteiger partial charge is 0.458 e. The van der Waals surface area contributed by atoms with Gasteiger partial charge in [0.05, 0.1) is 11.3 Å². The monoisotopic (exact) mass is 439 g/mol. The summed E-state index contributed by atoms with van der Waals surface area (Å²) < 4.78 is 32.0. The minimum atomic E-state index is -3.75. The lowest BCUT2D eigenvalue weighted by atomic mass is 9.48. The molecule has 4 saturated carbocycles. The summed E-state index contributed by atoms with van der Waals surface area (Å²) >= 11 is 5.82. The van der Waals surface area contributed by atoms with Gasteiger partial charge in [0.25, 0.3) is 0 Å². The van der Waals surface area contributed by atoms with Crippen LogP contribution in [0, 0.1) is 23.2 Å². The third-order valence-corrected chi connectivity index (χ3v) is 8.42. The molecule has 0 heterocycles. The number of ether oxygens (including phenoxy) is 1. The van der Waals surface area contributed by atoms with Crippen molar-refractivity contribution in [2.45, 2.75) is 49.8 Å². The Labute approximate surface area is 176 Å². The molecule has 0 aromatic heterocycles. The van der Waals surface area contributed by atoms with Crippen molar-refractivity contribution in [2.24, 2.45) is 23.2 Å². The fraction of sp³-hybridized carbons (Fsp3) is 0.619. The van der Waals surface area contributed by atoms with Crippen LogP contribution >= 0.6 is 11.6 Å². The molecule has 6 nitrogen and oxygen atoms in total. The van der Waals surface area contributed by atoms with E-state index in [0.717, 1.165) is 19.3 Å². The summed E-state index contributed by atoms with van der Waals surface area (Å²) in [5.74, 6) is 1.44. The molecular formula is C21H26ClNO5S. The van der Waals surface area contributed by atoms with E-state index in [1.54, 1.807) is 12.1 Å². The molecule has 0 radical (unpaired) electrons. The number of Topliss-reactive ketones (excluding diaryl/α,β-unsaturated/α-hetero) is 1. The second kappa shape index (κ2) is 8.00. The highest BCUT2D eigenvalue weighted by atomic mass is 35.5.